The molecule has 4 saturated carbocycles. The Morgan fingerprint density at radius 1 is 0.641 bits per heavy atom. The van der Waals surface area contributed by atoms with Gasteiger partial charge in [0.1, 0.15) is 11.2 Å². The summed E-state index contributed by atoms with van der Waals surface area (Å²) in [7, 11) is -0.675. The van der Waals surface area contributed by atoms with Crippen LogP contribution in [0.4, 0.5) is 8.78 Å². The Morgan fingerprint density at radius 3 is 1.51 bits per heavy atom. The molecule has 7 rings (SSSR count). The molecule has 0 saturated heterocycles. The first-order valence-corrected chi connectivity index (χ1v) is 15.8. The minimum atomic E-state index is -0.675. The van der Waals surface area contributed by atoms with Gasteiger partial charge in [-0.15, -0.1) is 0 Å². The summed E-state index contributed by atoms with van der Waals surface area (Å²) in [6.45, 7) is 4.28. The van der Waals surface area contributed by atoms with Gasteiger partial charge in [-0.3, -0.25) is 0 Å². The number of fused-ring (bicyclic) bond motifs is 4. The fourth-order valence-electron chi connectivity index (χ4n) is 8.21. The molecule has 2 nitrogen and oxygen atoms in total. The minimum absolute atomic E-state index is 0.291. The highest BCUT2D eigenvalue weighted by molar-refractivity contribution is 7.97. The molecule has 4 aliphatic rings. The highest BCUT2D eigenvalue weighted by Gasteiger charge is 2.51. The lowest BCUT2D eigenvalue weighted by Crippen LogP contribution is -2.38. The number of hydrogen-bond donors (Lipinski definition) is 0. The molecule has 0 aliphatic heterocycles. The van der Waals surface area contributed by atoms with E-state index in [1.54, 1.807) is 24.3 Å². The molecule has 3 aromatic carbocycles. The molecule has 4 bridgehead atoms. The van der Waals surface area contributed by atoms with Crippen LogP contribution >= 0.6 is 0 Å². The van der Waals surface area contributed by atoms with Gasteiger partial charge in [0.2, 0.25) is 0 Å². The molecule has 0 N–H and O–H groups in total. The van der Waals surface area contributed by atoms with Gasteiger partial charge in [-0.2, -0.15) is 0 Å². The van der Waals surface area contributed by atoms with Gasteiger partial charge in [0.05, 0.1) is 10.9 Å². The number of benzene rings is 3. The molecule has 5 heteroatoms. The van der Waals surface area contributed by atoms with E-state index in [0.29, 0.717) is 35.2 Å². The van der Waals surface area contributed by atoms with Gasteiger partial charge < -0.3 is 9.47 Å². The summed E-state index contributed by atoms with van der Waals surface area (Å²) in [5, 5.41) is 0. The number of ether oxygens (including phenoxy) is 2. The molecule has 0 spiro atoms. The smallest absolute Gasteiger partial charge is 0.170 e. The summed E-state index contributed by atoms with van der Waals surface area (Å²) >= 11 is 0. The van der Waals surface area contributed by atoms with E-state index in [9.17, 15) is 0 Å². The predicted octanol–water partition coefficient (Wildman–Crippen LogP) is 8.98. The second kappa shape index (κ2) is 9.54. The van der Waals surface area contributed by atoms with E-state index in [-0.39, 0.29) is 22.8 Å². The van der Waals surface area contributed by atoms with Gasteiger partial charge in [-0.1, -0.05) is 18.2 Å². The van der Waals surface area contributed by atoms with Crippen molar-refractivity contribution in [1.82, 2.24) is 0 Å². The summed E-state index contributed by atoms with van der Waals surface area (Å²) in [6.07, 6.45) is 9.27. The molecule has 4 aliphatic carbocycles. The van der Waals surface area contributed by atoms with Crippen molar-refractivity contribution in [3.05, 3.63) is 78.4 Å². The molecule has 4 fully saturated rings. The molecular formula is C34H37F2O2S+. The molecular weight excluding hydrogens is 510 g/mol. The van der Waals surface area contributed by atoms with Crippen LogP contribution in [-0.2, 0) is 10.9 Å². The van der Waals surface area contributed by atoms with E-state index in [4.69, 9.17) is 9.47 Å². The average Bonchev–Trinajstić information content (AvgIpc) is 3.70. The molecule has 39 heavy (non-hydrogen) atoms. The third-order valence-corrected chi connectivity index (χ3v) is 12.3. The lowest BCUT2D eigenvalue weighted by Gasteiger charge is -2.34. The van der Waals surface area contributed by atoms with Crippen LogP contribution in [0.15, 0.2) is 81.4 Å². The predicted molar refractivity (Wildman–Crippen MR) is 150 cm³/mol. The topological polar surface area (TPSA) is 18.5 Å². The minimum Gasteiger partial charge on any atom is -0.484 e. The fraction of sp³-hybridized carbons (Fsp3) is 0.471. The normalized spacial score (nSPS) is 33.4. The van der Waals surface area contributed by atoms with Gasteiger partial charge in [0.15, 0.2) is 37.8 Å². The third kappa shape index (κ3) is 4.55. The van der Waals surface area contributed by atoms with Crippen LogP contribution in [-0.4, -0.2) is 11.2 Å². The zero-order valence-electron chi connectivity index (χ0n) is 22.8. The number of halogens is 2. The first-order valence-electron chi connectivity index (χ1n) is 14.6. The molecule has 0 aromatic heterocycles. The Bertz CT molecular complexity index is 1290. The largest absolute Gasteiger partial charge is 0.484 e. The third-order valence-electron chi connectivity index (χ3n) is 10.1. The highest BCUT2D eigenvalue weighted by atomic mass is 32.2. The van der Waals surface area contributed by atoms with Crippen LogP contribution in [0, 0.1) is 35.3 Å². The molecule has 204 valence electrons. The molecule has 0 radical (unpaired) electrons. The number of hydrogen-bond acceptors (Lipinski definition) is 2. The van der Waals surface area contributed by atoms with E-state index in [2.05, 4.69) is 13.8 Å². The first kappa shape index (κ1) is 25.4. The summed E-state index contributed by atoms with van der Waals surface area (Å²) in [4.78, 5) is 2.62. The Kier molecular flexibility index (Phi) is 6.22. The first-order chi connectivity index (χ1) is 18.8. The fourth-order valence-corrected chi connectivity index (χ4v) is 10.3. The Labute approximate surface area is 233 Å². The van der Waals surface area contributed by atoms with E-state index in [0.717, 1.165) is 27.5 Å². The zero-order valence-corrected chi connectivity index (χ0v) is 23.6. The van der Waals surface area contributed by atoms with Gasteiger partial charge in [0.25, 0.3) is 0 Å². The van der Waals surface area contributed by atoms with Crippen molar-refractivity contribution in [1.29, 1.82) is 0 Å². The van der Waals surface area contributed by atoms with Gasteiger partial charge >= 0.3 is 0 Å². The van der Waals surface area contributed by atoms with E-state index in [1.165, 1.54) is 38.5 Å². The van der Waals surface area contributed by atoms with Gasteiger partial charge in [-0.05, 0) is 125 Å². The Balaban J connectivity index is 1.18. The van der Waals surface area contributed by atoms with Crippen LogP contribution in [0.3, 0.4) is 0 Å². The van der Waals surface area contributed by atoms with Crippen molar-refractivity contribution >= 4 is 10.9 Å². The van der Waals surface area contributed by atoms with Crippen molar-refractivity contribution in [2.24, 2.45) is 23.7 Å². The van der Waals surface area contributed by atoms with Crippen molar-refractivity contribution in [2.75, 3.05) is 0 Å². The summed E-state index contributed by atoms with van der Waals surface area (Å²) in [5.41, 5.74) is -0.582. The summed E-state index contributed by atoms with van der Waals surface area (Å²) in [6, 6.07) is 20.6. The Morgan fingerprint density at radius 2 is 1.13 bits per heavy atom. The van der Waals surface area contributed by atoms with Crippen molar-refractivity contribution in [3.8, 4) is 11.5 Å². The van der Waals surface area contributed by atoms with Crippen LogP contribution < -0.4 is 9.47 Å². The second-order valence-electron chi connectivity index (χ2n) is 12.8. The van der Waals surface area contributed by atoms with Gasteiger partial charge in [0, 0.05) is 12.1 Å². The maximum absolute atomic E-state index is 15.6. The molecule has 6 atom stereocenters. The Hall–Kier alpha value is -2.53. The lowest BCUT2D eigenvalue weighted by molar-refractivity contribution is 0.0274. The zero-order chi connectivity index (χ0) is 26.8. The molecule has 0 heterocycles. The highest BCUT2D eigenvalue weighted by Crippen LogP contribution is 2.54. The summed E-state index contributed by atoms with van der Waals surface area (Å²) < 4.78 is 43.9. The molecule has 0 amide bonds. The SMILES string of the molecule is CC1(Oc2ccc([S+](c3ccccc3)c3ccc(OC4(C)CC5CCC4C5)c(F)c3)cc2F)CC2CCC1C2. The van der Waals surface area contributed by atoms with Crippen LogP contribution in [0.5, 0.6) is 11.5 Å². The quantitative estimate of drug-likeness (QED) is 0.275. The van der Waals surface area contributed by atoms with Gasteiger partial charge in [-0.25, -0.2) is 8.78 Å². The van der Waals surface area contributed by atoms with E-state index < -0.39 is 10.9 Å². The maximum Gasteiger partial charge on any atom is 0.170 e. The second-order valence-corrected chi connectivity index (χ2v) is 14.8. The van der Waals surface area contributed by atoms with Crippen LogP contribution in [0.25, 0.3) is 0 Å². The van der Waals surface area contributed by atoms with Crippen molar-refractivity contribution < 1.29 is 18.3 Å². The number of rotatable bonds is 7. The molecule has 3 aromatic rings. The van der Waals surface area contributed by atoms with Crippen LogP contribution in [0.2, 0.25) is 0 Å². The van der Waals surface area contributed by atoms with E-state index in [1.807, 2.05) is 42.5 Å². The summed E-state index contributed by atoms with van der Waals surface area (Å²) in [5.74, 6) is 2.36. The van der Waals surface area contributed by atoms with Crippen molar-refractivity contribution in [2.45, 2.75) is 91.1 Å². The van der Waals surface area contributed by atoms with Crippen molar-refractivity contribution in [3.63, 3.8) is 0 Å². The average molecular weight is 548 g/mol. The lowest BCUT2D eigenvalue weighted by atomic mass is 9.85. The standard InChI is InChI=1S/C34H37F2O2S/c1-33(20-22-8-10-24(33)16-22)37-31-14-12-27(18-29(31)35)39(26-6-4-3-5-7-26)28-13-15-32(30(36)19-28)38-34(2)21-23-9-11-25(34)17-23/h3-7,12-15,18-19,22-25H,8-11,16-17,20-21H2,1-2H3/q+1. The van der Waals surface area contributed by atoms with E-state index >= 15 is 8.78 Å². The maximum atomic E-state index is 15.6. The van der Waals surface area contributed by atoms with Crippen LogP contribution in [0.1, 0.15) is 65.2 Å². The molecule has 6 unspecified atom stereocenters. The monoisotopic (exact) mass is 547 g/mol.